The zero-order valence-corrected chi connectivity index (χ0v) is 11.7. The molecule has 4 nitrogen and oxygen atoms in total. The van der Waals surface area contributed by atoms with Gasteiger partial charge < -0.3 is 9.64 Å². The second kappa shape index (κ2) is 6.58. The van der Waals surface area contributed by atoms with Gasteiger partial charge in [-0.1, -0.05) is 12.1 Å². The van der Waals surface area contributed by atoms with Crippen molar-refractivity contribution in [3.05, 3.63) is 53.7 Å². The predicted octanol–water partition coefficient (Wildman–Crippen LogP) is 2.99. The number of benzene rings is 1. The van der Waals surface area contributed by atoms with E-state index >= 15 is 0 Å². The molecule has 0 saturated carbocycles. The van der Waals surface area contributed by atoms with E-state index in [1.807, 2.05) is 49.2 Å². The fraction of sp³-hybridized carbons (Fsp3) is 0.250. The van der Waals surface area contributed by atoms with Gasteiger partial charge in [-0.3, -0.25) is 0 Å². The van der Waals surface area contributed by atoms with Crippen LogP contribution in [0.25, 0.3) is 0 Å². The van der Waals surface area contributed by atoms with Crippen molar-refractivity contribution in [2.75, 3.05) is 18.6 Å². The molecule has 0 aliphatic heterocycles. The Kier molecular flexibility index (Phi) is 4.56. The van der Waals surface area contributed by atoms with Gasteiger partial charge >= 0.3 is 0 Å². The third kappa shape index (κ3) is 3.27. The fourth-order valence-electron chi connectivity index (χ4n) is 2.03. The molecule has 0 unspecified atom stereocenters. The zero-order chi connectivity index (χ0) is 14.4. The molecule has 0 bridgehead atoms. The smallest absolute Gasteiger partial charge is 0.171 e. The Morgan fingerprint density at radius 2 is 2.15 bits per heavy atom. The van der Waals surface area contributed by atoms with E-state index in [1.165, 1.54) is 0 Å². The van der Waals surface area contributed by atoms with Crippen molar-refractivity contribution < 1.29 is 4.74 Å². The van der Waals surface area contributed by atoms with E-state index in [2.05, 4.69) is 11.1 Å². The van der Waals surface area contributed by atoms with Gasteiger partial charge in [-0.15, -0.1) is 0 Å². The highest BCUT2D eigenvalue weighted by atomic mass is 16.5. The van der Waals surface area contributed by atoms with Crippen molar-refractivity contribution in [3.63, 3.8) is 0 Å². The summed E-state index contributed by atoms with van der Waals surface area (Å²) in [5, 5.41) is 8.93. The van der Waals surface area contributed by atoms with Gasteiger partial charge in [0.2, 0.25) is 0 Å². The van der Waals surface area contributed by atoms with Gasteiger partial charge in [0.15, 0.2) is 11.6 Å². The summed E-state index contributed by atoms with van der Waals surface area (Å²) in [6, 6.07) is 13.5. The van der Waals surface area contributed by atoms with Crippen LogP contribution in [0.2, 0.25) is 0 Å². The average molecular weight is 267 g/mol. The van der Waals surface area contributed by atoms with Gasteiger partial charge in [-0.05, 0) is 36.8 Å². The van der Waals surface area contributed by atoms with Crippen LogP contribution >= 0.6 is 0 Å². The van der Waals surface area contributed by atoms with Crippen LogP contribution in [0.3, 0.4) is 0 Å². The highest BCUT2D eigenvalue weighted by Crippen LogP contribution is 2.25. The number of pyridine rings is 1. The number of anilines is 1. The average Bonchev–Trinajstić information content (AvgIpc) is 2.48. The molecule has 0 saturated heterocycles. The lowest BCUT2D eigenvalue weighted by Crippen LogP contribution is -2.18. The van der Waals surface area contributed by atoms with E-state index in [-0.39, 0.29) is 0 Å². The summed E-state index contributed by atoms with van der Waals surface area (Å²) in [6.45, 7) is 3.23. The van der Waals surface area contributed by atoms with Crippen LogP contribution in [-0.4, -0.2) is 18.6 Å². The number of hydrogen-bond donors (Lipinski definition) is 0. The number of nitrogens with zero attached hydrogens (tertiary/aromatic N) is 3. The molecule has 0 atom stereocenters. The Morgan fingerprint density at radius 1 is 1.30 bits per heavy atom. The Hall–Kier alpha value is -2.54. The molecule has 0 amide bonds. The Balaban J connectivity index is 2.19. The molecule has 1 aromatic carbocycles. The van der Waals surface area contributed by atoms with Gasteiger partial charge in [0, 0.05) is 19.8 Å². The molecule has 4 heteroatoms. The summed E-state index contributed by atoms with van der Waals surface area (Å²) in [4.78, 5) is 6.39. The van der Waals surface area contributed by atoms with Gasteiger partial charge in [0.05, 0.1) is 18.2 Å². The molecule has 1 heterocycles. The lowest BCUT2D eigenvalue weighted by Gasteiger charge is -2.20. The van der Waals surface area contributed by atoms with Gasteiger partial charge in [-0.2, -0.15) is 5.26 Å². The number of nitriles is 1. The third-order valence-corrected chi connectivity index (χ3v) is 2.89. The van der Waals surface area contributed by atoms with Crippen LogP contribution in [0.5, 0.6) is 5.75 Å². The summed E-state index contributed by atoms with van der Waals surface area (Å²) in [6.07, 6.45) is 1.75. The molecule has 2 rings (SSSR count). The van der Waals surface area contributed by atoms with Gasteiger partial charge in [0.25, 0.3) is 0 Å². The molecule has 102 valence electrons. The highest BCUT2D eigenvalue weighted by Gasteiger charge is 2.10. The maximum Gasteiger partial charge on any atom is 0.171 e. The molecule has 0 aliphatic carbocycles. The number of hydrogen-bond acceptors (Lipinski definition) is 4. The van der Waals surface area contributed by atoms with Gasteiger partial charge in [0.1, 0.15) is 0 Å². The number of ether oxygens (including phenoxy) is 1. The first-order valence-electron chi connectivity index (χ1n) is 6.52. The molecule has 20 heavy (non-hydrogen) atoms. The Bertz CT molecular complexity index is 619. The first-order chi connectivity index (χ1) is 9.74. The minimum atomic E-state index is 0.608. The van der Waals surface area contributed by atoms with Crippen molar-refractivity contribution in [2.24, 2.45) is 0 Å². The van der Waals surface area contributed by atoms with Gasteiger partial charge in [-0.25, -0.2) is 4.98 Å². The highest BCUT2D eigenvalue weighted by molar-refractivity contribution is 5.52. The topological polar surface area (TPSA) is 49.1 Å². The maximum absolute atomic E-state index is 8.93. The van der Waals surface area contributed by atoms with Crippen molar-refractivity contribution >= 4 is 5.82 Å². The summed E-state index contributed by atoms with van der Waals surface area (Å²) < 4.78 is 5.58. The molecule has 0 aliphatic rings. The number of rotatable bonds is 5. The predicted molar refractivity (Wildman–Crippen MR) is 78.7 cm³/mol. The van der Waals surface area contributed by atoms with Crippen LogP contribution in [0.1, 0.15) is 18.1 Å². The molecule has 1 aromatic heterocycles. The van der Waals surface area contributed by atoms with Crippen LogP contribution in [0.4, 0.5) is 5.82 Å². The van der Waals surface area contributed by atoms with Crippen LogP contribution in [-0.2, 0) is 6.54 Å². The van der Waals surface area contributed by atoms with Crippen molar-refractivity contribution in [3.8, 4) is 11.8 Å². The van der Waals surface area contributed by atoms with Crippen molar-refractivity contribution in [2.45, 2.75) is 13.5 Å². The van der Waals surface area contributed by atoms with E-state index in [1.54, 1.807) is 12.3 Å². The lowest BCUT2D eigenvalue weighted by atomic mass is 10.1. The Labute approximate surface area is 119 Å². The standard InChI is InChI=1S/C16H17N3O/c1-3-20-15-8-5-9-18-16(15)19(2)12-14-7-4-6-13(10-14)11-17/h4-10H,3,12H2,1-2H3. The van der Waals surface area contributed by atoms with E-state index < -0.39 is 0 Å². The van der Waals surface area contributed by atoms with E-state index in [0.29, 0.717) is 18.7 Å². The molecular weight excluding hydrogens is 250 g/mol. The molecular formula is C16H17N3O. The molecule has 2 aromatic rings. The summed E-state index contributed by atoms with van der Waals surface area (Å²) in [5.74, 6) is 1.57. The molecule has 0 spiro atoms. The van der Waals surface area contributed by atoms with Crippen molar-refractivity contribution in [1.29, 1.82) is 5.26 Å². The minimum Gasteiger partial charge on any atom is -0.490 e. The van der Waals surface area contributed by atoms with Crippen LogP contribution in [0, 0.1) is 11.3 Å². The summed E-state index contributed by atoms with van der Waals surface area (Å²) in [5.41, 5.74) is 1.74. The number of aromatic nitrogens is 1. The normalized spacial score (nSPS) is 9.85. The molecule has 0 radical (unpaired) electrons. The van der Waals surface area contributed by atoms with Crippen molar-refractivity contribution in [1.82, 2.24) is 4.98 Å². The van der Waals surface area contributed by atoms with Crippen LogP contribution in [0.15, 0.2) is 42.6 Å². The SMILES string of the molecule is CCOc1cccnc1N(C)Cc1cccc(C#N)c1. The quantitative estimate of drug-likeness (QED) is 0.835. The second-order valence-electron chi connectivity index (χ2n) is 4.43. The summed E-state index contributed by atoms with van der Waals surface area (Å²) >= 11 is 0. The van der Waals surface area contributed by atoms with Crippen LogP contribution < -0.4 is 9.64 Å². The molecule has 0 N–H and O–H groups in total. The molecule has 0 fully saturated rings. The summed E-state index contributed by atoms with van der Waals surface area (Å²) in [7, 11) is 1.96. The largest absolute Gasteiger partial charge is 0.490 e. The zero-order valence-electron chi connectivity index (χ0n) is 11.7. The third-order valence-electron chi connectivity index (χ3n) is 2.89. The minimum absolute atomic E-state index is 0.608. The first-order valence-corrected chi connectivity index (χ1v) is 6.52. The van der Waals surface area contributed by atoms with E-state index in [9.17, 15) is 0 Å². The fourth-order valence-corrected chi connectivity index (χ4v) is 2.03. The first kappa shape index (κ1) is 13.9. The monoisotopic (exact) mass is 267 g/mol. The maximum atomic E-state index is 8.93. The lowest BCUT2D eigenvalue weighted by molar-refractivity contribution is 0.339. The second-order valence-corrected chi connectivity index (χ2v) is 4.43. The van der Waals surface area contributed by atoms with E-state index in [4.69, 9.17) is 10.00 Å². The van der Waals surface area contributed by atoms with E-state index in [0.717, 1.165) is 17.1 Å². The Morgan fingerprint density at radius 3 is 2.90 bits per heavy atom.